The lowest BCUT2D eigenvalue weighted by Gasteiger charge is -2.27. The van der Waals surface area contributed by atoms with E-state index in [9.17, 15) is 9.00 Å². The van der Waals surface area contributed by atoms with Crippen LogP contribution < -0.4 is 5.32 Å². The fourth-order valence-electron chi connectivity index (χ4n) is 2.28. The molecule has 1 aromatic rings. The molecule has 0 radical (unpaired) electrons. The third-order valence-corrected chi connectivity index (χ3v) is 5.43. The van der Waals surface area contributed by atoms with E-state index in [2.05, 4.69) is 16.8 Å². The molecule has 0 bridgehead atoms. The number of amides is 1. The van der Waals surface area contributed by atoms with Gasteiger partial charge in [-0.15, -0.1) is 11.3 Å². The molecule has 1 aromatic heterocycles. The van der Waals surface area contributed by atoms with E-state index < -0.39 is 10.8 Å². The zero-order chi connectivity index (χ0) is 14.5. The second-order valence-corrected chi connectivity index (χ2v) is 7.84. The lowest BCUT2D eigenvalue weighted by atomic mass is 10.1. The lowest BCUT2D eigenvalue weighted by molar-refractivity contribution is -0.131. The van der Waals surface area contributed by atoms with Gasteiger partial charge in [-0.25, -0.2) is 0 Å². The molecule has 2 atom stereocenters. The van der Waals surface area contributed by atoms with Gasteiger partial charge in [0.2, 0.25) is 5.91 Å². The van der Waals surface area contributed by atoms with Crippen molar-refractivity contribution in [2.45, 2.75) is 32.4 Å². The number of hydrogen-bond donors (Lipinski definition) is 1. The van der Waals surface area contributed by atoms with Gasteiger partial charge in [-0.05, 0) is 36.8 Å². The first kappa shape index (κ1) is 15.7. The van der Waals surface area contributed by atoms with Crippen molar-refractivity contribution >= 4 is 28.0 Å². The normalized spacial score (nSPS) is 17.6. The van der Waals surface area contributed by atoms with Crippen LogP contribution in [0.5, 0.6) is 0 Å². The number of thiophene rings is 1. The Morgan fingerprint density at radius 2 is 2.40 bits per heavy atom. The van der Waals surface area contributed by atoms with E-state index in [1.54, 1.807) is 17.6 Å². The molecule has 0 saturated carbocycles. The summed E-state index contributed by atoms with van der Waals surface area (Å²) in [4.78, 5) is 15.5. The van der Waals surface area contributed by atoms with Gasteiger partial charge in [-0.3, -0.25) is 9.00 Å². The molecule has 1 aliphatic rings. The van der Waals surface area contributed by atoms with Crippen LogP contribution in [-0.2, 0) is 28.6 Å². The molecule has 0 saturated heterocycles. The second kappa shape index (κ2) is 7.33. The molecule has 112 valence electrons. The van der Waals surface area contributed by atoms with Crippen molar-refractivity contribution in [2.24, 2.45) is 0 Å². The Balaban J connectivity index is 1.74. The maximum atomic E-state index is 12.2. The Kier molecular flexibility index (Phi) is 5.74. The maximum Gasteiger partial charge on any atom is 0.236 e. The first-order valence-corrected chi connectivity index (χ1v) is 9.53. The number of rotatable bonds is 6. The molecular formula is C14H22N2O2S2. The highest BCUT2D eigenvalue weighted by Crippen LogP contribution is 2.23. The molecule has 0 aliphatic carbocycles. The Labute approximate surface area is 127 Å². The van der Waals surface area contributed by atoms with Crippen LogP contribution in [-0.4, -0.2) is 46.2 Å². The summed E-state index contributed by atoms with van der Waals surface area (Å²) in [6.45, 7) is 3.97. The molecule has 2 heterocycles. The number of fused-ring (bicyclic) bond motifs is 1. The molecule has 6 heteroatoms. The largest absolute Gasteiger partial charge is 0.337 e. The van der Waals surface area contributed by atoms with Crippen molar-refractivity contribution in [3.8, 4) is 0 Å². The molecule has 1 N–H and O–H groups in total. The molecule has 1 amide bonds. The Bertz CT molecular complexity index is 487. The molecule has 2 unspecified atom stereocenters. The highest BCUT2D eigenvalue weighted by Gasteiger charge is 2.21. The van der Waals surface area contributed by atoms with E-state index >= 15 is 0 Å². The van der Waals surface area contributed by atoms with E-state index in [1.807, 2.05) is 11.8 Å². The number of hydrogen-bond acceptors (Lipinski definition) is 4. The molecular weight excluding hydrogens is 292 g/mol. The SMILES string of the molecule is CC(CCS(C)=O)NCC(=O)N1CCc2sccc2C1. The van der Waals surface area contributed by atoms with Crippen LogP contribution in [0.2, 0.25) is 0 Å². The summed E-state index contributed by atoms with van der Waals surface area (Å²) in [6, 6.07) is 2.34. The lowest BCUT2D eigenvalue weighted by Crippen LogP contribution is -2.43. The molecule has 1 aliphatic heterocycles. The van der Waals surface area contributed by atoms with Crippen molar-refractivity contribution in [3.63, 3.8) is 0 Å². The third-order valence-electron chi connectivity index (χ3n) is 3.60. The summed E-state index contributed by atoms with van der Waals surface area (Å²) in [5, 5.41) is 5.33. The highest BCUT2D eigenvalue weighted by atomic mass is 32.2. The van der Waals surface area contributed by atoms with Crippen molar-refractivity contribution in [2.75, 3.05) is 25.1 Å². The van der Waals surface area contributed by atoms with Crippen molar-refractivity contribution in [3.05, 3.63) is 21.9 Å². The van der Waals surface area contributed by atoms with Gasteiger partial charge in [0.15, 0.2) is 0 Å². The van der Waals surface area contributed by atoms with Crippen LogP contribution in [0.4, 0.5) is 0 Å². The Morgan fingerprint density at radius 3 is 3.15 bits per heavy atom. The van der Waals surface area contributed by atoms with Gasteiger partial charge >= 0.3 is 0 Å². The Hall–Kier alpha value is -0.720. The van der Waals surface area contributed by atoms with Crippen LogP contribution in [0, 0.1) is 0 Å². The van der Waals surface area contributed by atoms with Crippen LogP contribution in [0.15, 0.2) is 11.4 Å². The first-order chi connectivity index (χ1) is 9.56. The minimum absolute atomic E-state index is 0.159. The van der Waals surface area contributed by atoms with Gasteiger partial charge in [0.25, 0.3) is 0 Å². The summed E-state index contributed by atoms with van der Waals surface area (Å²) >= 11 is 1.78. The fraction of sp³-hybridized carbons (Fsp3) is 0.643. The number of nitrogens with one attached hydrogen (secondary N) is 1. The predicted molar refractivity (Wildman–Crippen MR) is 84.5 cm³/mol. The third kappa shape index (κ3) is 4.40. The van der Waals surface area contributed by atoms with Crippen molar-refractivity contribution < 1.29 is 9.00 Å². The van der Waals surface area contributed by atoms with E-state index in [0.717, 1.165) is 25.9 Å². The highest BCUT2D eigenvalue weighted by molar-refractivity contribution is 7.84. The summed E-state index contributed by atoms with van der Waals surface area (Å²) in [5.41, 5.74) is 1.30. The van der Waals surface area contributed by atoms with E-state index in [0.29, 0.717) is 12.3 Å². The summed E-state index contributed by atoms with van der Waals surface area (Å²) in [6.07, 6.45) is 3.53. The number of nitrogens with zero attached hydrogens (tertiary/aromatic N) is 1. The first-order valence-electron chi connectivity index (χ1n) is 6.92. The summed E-state index contributed by atoms with van der Waals surface area (Å²) < 4.78 is 11.0. The average molecular weight is 314 g/mol. The molecule has 4 nitrogen and oxygen atoms in total. The van der Waals surface area contributed by atoms with Crippen LogP contribution in [0.1, 0.15) is 23.8 Å². The van der Waals surface area contributed by atoms with Crippen molar-refractivity contribution in [1.82, 2.24) is 10.2 Å². The molecule has 2 rings (SSSR count). The summed E-state index contributed by atoms with van der Waals surface area (Å²) in [7, 11) is -0.759. The van der Waals surface area contributed by atoms with Crippen LogP contribution in [0.25, 0.3) is 0 Å². The minimum Gasteiger partial charge on any atom is -0.337 e. The number of carbonyl (C=O) groups excluding carboxylic acids is 1. The van der Waals surface area contributed by atoms with E-state index in [-0.39, 0.29) is 11.9 Å². The predicted octanol–water partition coefficient (Wildman–Crippen LogP) is 1.38. The average Bonchev–Trinajstić information content (AvgIpc) is 2.89. The van der Waals surface area contributed by atoms with Gasteiger partial charge < -0.3 is 10.2 Å². The van der Waals surface area contributed by atoms with Gasteiger partial charge in [0, 0.05) is 46.8 Å². The molecule has 0 spiro atoms. The Morgan fingerprint density at radius 1 is 1.60 bits per heavy atom. The molecule has 0 aromatic carbocycles. The maximum absolute atomic E-state index is 12.2. The van der Waals surface area contributed by atoms with Gasteiger partial charge in [0.05, 0.1) is 6.54 Å². The minimum atomic E-state index is -0.759. The van der Waals surface area contributed by atoms with Crippen LogP contribution >= 0.6 is 11.3 Å². The summed E-state index contributed by atoms with van der Waals surface area (Å²) in [5.74, 6) is 0.843. The van der Waals surface area contributed by atoms with Crippen LogP contribution in [0.3, 0.4) is 0 Å². The quantitative estimate of drug-likeness (QED) is 0.863. The number of carbonyl (C=O) groups is 1. The van der Waals surface area contributed by atoms with E-state index in [4.69, 9.17) is 0 Å². The van der Waals surface area contributed by atoms with E-state index in [1.165, 1.54) is 10.4 Å². The topological polar surface area (TPSA) is 49.4 Å². The molecule has 20 heavy (non-hydrogen) atoms. The van der Waals surface area contributed by atoms with Gasteiger partial charge in [-0.1, -0.05) is 0 Å². The van der Waals surface area contributed by atoms with Crippen molar-refractivity contribution in [1.29, 1.82) is 0 Å². The second-order valence-electron chi connectivity index (χ2n) is 5.28. The zero-order valence-corrected chi connectivity index (χ0v) is 13.7. The zero-order valence-electron chi connectivity index (χ0n) is 12.1. The standard InChI is InChI=1S/C14H22N2O2S2/c1-11(5-8-20(2)18)15-9-14(17)16-6-3-13-12(10-16)4-7-19-13/h4,7,11,15H,3,5-6,8-10H2,1-2H3. The fourth-order valence-corrected chi connectivity index (χ4v) is 3.85. The monoisotopic (exact) mass is 314 g/mol. The van der Waals surface area contributed by atoms with Gasteiger partial charge in [-0.2, -0.15) is 0 Å². The smallest absolute Gasteiger partial charge is 0.236 e. The molecule has 0 fully saturated rings. The van der Waals surface area contributed by atoms with Gasteiger partial charge in [0.1, 0.15) is 0 Å².